The second-order valence-corrected chi connectivity index (χ2v) is 6.89. The van der Waals surface area contributed by atoms with Gasteiger partial charge in [0.15, 0.2) is 5.69 Å². The molecule has 0 spiro atoms. The summed E-state index contributed by atoms with van der Waals surface area (Å²) in [6, 6.07) is 11.9. The van der Waals surface area contributed by atoms with Gasteiger partial charge in [-0.1, -0.05) is 12.1 Å². The van der Waals surface area contributed by atoms with Crippen molar-refractivity contribution in [3.8, 4) is 17.2 Å². The molecule has 150 valence electrons. The SMILES string of the molecule is COc1cc(CNC(=O)c2nn(-c3ccccc3F)c3c2CCC3)cc(OC)c1. The van der Waals surface area contributed by atoms with Crippen LogP contribution >= 0.6 is 0 Å². The van der Waals surface area contributed by atoms with Crippen LogP contribution in [0.1, 0.15) is 33.7 Å². The average Bonchev–Trinajstić information content (AvgIpc) is 3.35. The summed E-state index contributed by atoms with van der Waals surface area (Å²) in [6.07, 6.45) is 2.46. The number of hydrogen-bond acceptors (Lipinski definition) is 4. The Kier molecular flexibility index (Phi) is 5.20. The number of aromatic nitrogens is 2. The molecule has 2 aromatic carbocycles. The van der Waals surface area contributed by atoms with Crippen LogP contribution in [-0.4, -0.2) is 29.9 Å². The molecule has 1 aromatic heterocycles. The Hall–Kier alpha value is -3.35. The van der Waals surface area contributed by atoms with Crippen molar-refractivity contribution in [3.05, 3.63) is 70.8 Å². The van der Waals surface area contributed by atoms with E-state index in [1.807, 2.05) is 12.1 Å². The molecule has 0 aliphatic heterocycles. The molecule has 1 amide bonds. The van der Waals surface area contributed by atoms with Gasteiger partial charge in [0, 0.05) is 23.9 Å². The highest BCUT2D eigenvalue weighted by Crippen LogP contribution is 2.29. The quantitative estimate of drug-likeness (QED) is 0.694. The summed E-state index contributed by atoms with van der Waals surface area (Å²) in [7, 11) is 3.16. The molecule has 0 radical (unpaired) electrons. The van der Waals surface area contributed by atoms with Crippen molar-refractivity contribution in [1.82, 2.24) is 15.1 Å². The highest BCUT2D eigenvalue weighted by Gasteiger charge is 2.27. The first-order valence-corrected chi connectivity index (χ1v) is 9.46. The third-order valence-corrected chi connectivity index (χ3v) is 5.09. The van der Waals surface area contributed by atoms with Gasteiger partial charge in [0.2, 0.25) is 0 Å². The normalized spacial score (nSPS) is 12.5. The van der Waals surface area contributed by atoms with Gasteiger partial charge in [-0.2, -0.15) is 5.10 Å². The summed E-state index contributed by atoms with van der Waals surface area (Å²) in [5, 5.41) is 7.37. The van der Waals surface area contributed by atoms with Crippen LogP contribution in [0.2, 0.25) is 0 Å². The minimum atomic E-state index is -0.361. The Morgan fingerprint density at radius 1 is 1.14 bits per heavy atom. The molecular weight excluding hydrogens is 373 g/mol. The van der Waals surface area contributed by atoms with Crippen LogP contribution in [0.3, 0.4) is 0 Å². The van der Waals surface area contributed by atoms with Crippen LogP contribution in [0, 0.1) is 5.82 Å². The lowest BCUT2D eigenvalue weighted by atomic mass is 10.1. The van der Waals surface area contributed by atoms with Gasteiger partial charge in [0.25, 0.3) is 5.91 Å². The molecule has 0 saturated carbocycles. The number of carbonyl (C=O) groups is 1. The maximum absolute atomic E-state index is 14.3. The van der Waals surface area contributed by atoms with E-state index >= 15 is 0 Å². The number of rotatable bonds is 6. The molecule has 4 rings (SSSR count). The summed E-state index contributed by atoms with van der Waals surface area (Å²) < 4.78 is 26.4. The number of nitrogens with zero attached hydrogens (tertiary/aromatic N) is 2. The molecule has 0 saturated heterocycles. The summed E-state index contributed by atoms with van der Waals surface area (Å²) >= 11 is 0. The van der Waals surface area contributed by atoms with E-state index in [4.69, 9.17) is 9.47 Å². The van der Waals surface area contributed by atoms with Crippen LogP contribution in [-0.2, 0) is 19.4 Å². The zero-order chi connectivity index (χ0) is 20.4. The minimum absolute atomic E-state index is 0.278. The number of hydrogen-bond donors (Lipinski definition) is 1. The van der Waals surface area contributed by atoms with Crippen LogP contribution in [0.25, 0.3) is 5.69 Å². The van der Waals surface area contributed by atoms with E-state index in [2.05, 4.69) is 10.4 Å². The first-order chi connectivity index (χ1) is 14.1. The minimum Gasteiger partial charge on any atom is -0.497 e. The zero-order valence-electron chi connectivity index (χ0n) is 16.4. The van der Waals surface area contributed by atoms with Gasteiger partial charge in [-0.15, -0.1) is 0 Å². The van der Waals surface area contributed by atoms with E-state index in [0.29, 0.717) is 29.4 Å². The maximum atomic E-state index is 14.3. The molecule has 0 atom stereocenters. The number of amides is 1. The van der Waals surface area contributed by atoms with Gasteiger partial charge >= 0.3 is 0 Å². The Balaban J connectivity index is 1.59. The van der Waals surface area contributed by atoms with Gasteiger partial charge in [-0.3, -0.25) is 4.79 Å². The fraction of sp³-hybridized carbons (Fsp3) is 0.273. The van der Waals surface area contributed by atoms with Crippen molar-refractivity contribution in [1.29, 1.82) is 0 Å². The average molecular weight is 395 g/mol. The Morgan fingerprint density at radius 2 is 1.86 bits per heavy atom. The monoisotopic (exact) mass is 395 g/mol. The summed E-state index contributed by atoms with van der Waals surface area (Å²) in [6.45, 7) is 0.299. The van der Waals surface area contributed by atoms with E-state index < -0.39 is 0 Å². The van der Waals surface area contributed by atoms with E-state index in [0.717, 1.165) is 36.1 Å². The molecule has 0 unspecified atom stereocenters. The van der Waals surface area contributed by atoms with E-state index in [1.54, 1.807) is 43.2 Å². The Bertz CT molecular complexity index is 1040. The maximum Gasteiger partial charge on any atom is 0.272 e. The summed E-state index contributed by atoms with van der Waals surface area (Å²) in [4.78, 5) is 12.9. The van der Waals surface area contributed by atoms with Gasteiger partial charge in [-0.25, -0.2) is 9.07 Å². The molecule has 1 heterocycles. The second-order valence-electron chi connectivity index (χ2n) is 6.89. The van der Waals surface area contributed by atoms with Crippen LogP contribution in [0.5, 0.6) is 11.5 Å². The van der Waals surface area contributed by atoms with Gasteiger partial charge < -0.3 is 14.8 Å². The predicted molar refractivity (Wildman–Crippen MR) is 106 cm³/mol. The van der Waals surface area contributed by atoms with Crippen molar-refractivity contribution >= 4 is 5.91 Å². The Morgan fingerprint density at radius 3 is 2.55 bits per heavy atom. The summed E-state index contributed by atoms with van der Waals surface area (Å²) in [5.41, 5.74) is 3.37. The number of methoxy groups -OCH3 is 2. The first kappa shape index (κ1) is 19.0. The van der Waals surface area contributed by atoms with Crippen LogP contribution in [0.4, 0.5) is 4.39 Å². The molecule has 1 aliphatic rings. The Labute approximate surface area is 168 Å². The van der Waals surface area contributed by atoms with E-state index in [9.17, 15) is 9.18 Å². The lowest BCUT2D eigenvalue weighted by molar-refractivity contribution is 0.0944. The number of para-hydroxylation sites is 1. The largest absolute Gasteiger partial charge is 0.497 e. The van der Waals surface area contributed by atoms with Gasteiger partial charge in [-0.05, 0) is 49.1 Å². The number of fused-ring (bicyclic) bond motifs is 1. The highest BCUT2D eigenvalue weighted by atomic mass is 19.1. The molecule has 7 heteroatoms. The number of carbonyl (C=O) groups excluding carboxylic acids is 1. The fourth-order valence-corrected chi connectivity index (χ4v) is 3.68. The first-order valence-electron chi connectivity index (χ1n) is 9.46. The lowest BCUT2D eigenvalue weighted by Gasteiger charge is -2.09. The van der Waals surface area contributed by atoms with Crippen molar-refractivity contribution < 1.29 is 18.7 Å². The molecule has 0 bridgehead atoms. The van der Waals surface area contributed by atoms with Crippen molar-refractivity contribution in [3.63, 3.8) is 0 Å². The number of benzene rings is 2. The van der Waals surface area contributed by atoms with Gasteiger partial charge in [0.05, 0.1) is 14.2 Å². The number of ether oxygens (including phenoxy) is 2. The van der Waals surface area contributed by atoms with Crippen molar-refractivity contribution in [2.24, 2.45) is 0 Å². The van der Waals surface area contributed by atoms with Crippen LogP contribution < -0.4 is 14.8 Å². The van der Waals surface area contributed by atoms with Gasteiger partial charge in [0.1, 0.15) is 23.0 Å². The third-order valence-electron chi connectivity index (χ3n) is 5.09. The third kappa shape index (κ3) is 3.68. The fourth-order valence-electron chi connectivity index (χ4n) is 3.68. The molecule has 29 heavy (non-hydrogen) atoms. The molecule has 6 nitrogen and oxygen atoms in total. The highest BCUT2D eigenvalue weighted by molar-refractivity contribution is 5.94. The smallest absolute Gasteiger partial charge is 0.272 e. The molecule has 0 fully saturated rings. The number of halogens is 1. The molecule has 3 aromatic rings. The van der Waals surface area contributed by atoms with Crippen LogP contribution in [0.15, 0.2) is 42.5 Å². The summed E-state index contributed by atoms with van der Waals surface area (Å²) in [5.74, 6) is 0.664. The van der Waals surface area contributed by atoms with E-state index in [-0.39, 0.29) is 11.7 Å². The molecule has 1 N–H and O–H groups in total. The molecule has 1 aliphatic carbocycles. The molecular formula is C22H22FN3O3. The predicted octanol–water partition coefficient (Wildman–Crippen LogP) is 3.45. The zero-order valence-corrected chi connectivity index (χ0v) is 16.4. The number of nitrogens with one attached hydrogen (secondary N) is 1. The van der Waals surface area contributed by atoms with Crippen molar-refractivity contribution in [2.45, 2.75) is 25.8 Å². The van der Waals surface area contributed by atoms with Crippen molar-refractivity contribution in [2.75, 3.05) is 14.2 Å². The lowest BCUT2D eigenvalue weighted by Crippen LogP contribution is -2.24. The van der Waals surface area contributed by atoms with E-state index in [1.165, 1.54) is 6.07 Å². The standard InChI is InChI=1S/C22H22FN3O3/c1-28-15-10-14(11-16(12-15)29-2)13-24-22(27)21-17-6-5-9-19(17)26(25-21)20-8-4-3-7-18(20)23/h3-4,7-8,10-12H,5-6,9,13H2,1-2H3,(H,24,27). The topological polar surface area (TPSA) is 65.4 Å². The second kappa shape index (κ2) is 7.95.